The molecule has 0 saturated carbocycles. The molecule has 0 bridgehead atoms. The van der Waals surface area contributed by atoms with Gasteiger partial charge in [0.2, 0.25) is 5.91 Å². The van der Waals surface area contributed by atoms with Crippen LogP contribution in [0.3, 0.4) is 0 Å². The number of carbonyl (C=O) groups excluding carboxylic acids is 3. The van der Waals surface area contributed by atoms with Crippen molar-refractivity contribution < 1.29 is 23.5 Å². The Morgan fingerprint density at radius 3 is 1.88 bits per heavy atom. The monoisotopic (exact) mass is 701 g/mol. The largest absolute Gasteiger partial charge is 0.467 e. The van der Waals surface area contributed by atoms with Crippen LogP contribution in [-0.2, 0) is 19.1 Å². The minimum Gasteiger partial charge on any atom is -0.467 e. The molecule has 2 heterocycles. The number of fused-ring (bicyclic) bond motifs is 1. The van der Waals surface area contributed by atoms with Gasteiger partial charge in [0.1, 0.15) is 17.9 Å². The molecule has 258 valence electrons. The lowest BCUT2D eigenvalue weighted by Crippen LogP contribution is -2.52. The second kappa shape index (κ2) is 15.8. The Balaban J connectivity index is 1.25. The number of aromatic nitrogens is 3. The average Bonchev–Trinajstić information content (AvgIpc) is 3.62. The summed E-state index contributed by atoms with van der Waals surface area (Å²) in [6, 6.07) is 33.9. The molecule has 51 heavy (non-hydrogen) atoms. The summed E-state index contributed by atoms with van der Waals surface area (Å²) >= 11 is 1.51. The number of halogens is 1. The van der Waals surface area contributed by atoms with Gasteiger partial charge in [0, 0.05) is 17.3 Å². The van der Waals surface area contributed by atoms with E-state index in [4.69, 9.17) is 4.74 Å². The van der Waals surface area contributed by atoms with E-state index in [1.807, 2.05) is 54.6 Å². The number of nitrogens with one attached hydrogen (secondary N) is 2. The molecule has 0 spiro atoms. The zero-order valence-corrected chi connectivity index (χ0v) is 28.8. The highest BCUT2D eigenvalue weighted by Gasteiger charge is 2.39. The Hall–Kier alpha value is -5.81. The third-order valence-corrected chi connectivity index (χ3v) is 10.3. The zero-order chi connectivity index (χ0) is 35.8. The molecule has 0 fully saturated rings. The first-order chi connectivity index (χ1) is 24.8. The molecule has 11 heteroatoms. The van der Waals surface area contributed by atoms with Crippen LogP contribution in [0.5, 0.6) is 0 Å². The quantitative estimate of drug-likeness (QED) is 0.105. The Kier molecular flexibility index (Phi) is 10.9. The first-order valence-electron chi connectivity index (χ1n) is 16.4. The molecular formula is C40H36FN5O4S. The standard InChI is InChI=1S/C40H36FN5O4S/c1-3-34(44-37(47)33-23-42-25-36-32(33)24-43-46(36)31-21-19-30(41)20-22-31)38(48)45-35(39(49)50-2)26-51-40(27-13-7-4-8-14-27,28-15-9-5-10-16-28)29-17-11-6-12-18-29/h4-25,34-35H,3,26H2,1-2H3,(H,44,47)(H,45,48)/t34?,35-/m0/s1. The van der Waals surface area contributed by atoms with Crippen molar-refractivity contribution in [3.63, 3.8) is 0 Å². The number of benzene rings is 4. The summed E-state index contributed by atoms with van der Waals surface area (Å²) in [5, 5.41) is 10.6. The van der Waals surface area contributed by atoms with Gasteiger partial charge in [-0.15, -0.1) is 11.8 Å². The molecule has 2 amide bonds. The number of amides is 2. The topological polar surface area (TPSA) is 115 Å². The van der Waals surface area contributed by atoms with Gasteiger partial charge < -0.3 is 15.4 Å². The number of hydrogen-bond donors (Lipinski definition) is 2. The van der Waals surface area contributed by atoms with Crippen LogP contribution in [0.2, 0.25) is 0 Å². The van der Waals surface area contributed by atoms with Crippen molar-refractivity contribution in [1.82, 2.24) is 25.4 Å². The van der Waals surface area contributed by atoms with E-state index in [9.17, 15) is 18.8 Å². The Morgan fingerprint density at radius 1 is 0.784 bits per heavy atom. The van der Waals surface area contributed by atoms with E-state index in [-0.39, 0.29) is 23.6 Å². The van der Waals surface area contributed by atoms with Gasteiger partial charge in [-0.25, -0.2) is 13.9 Å². The average molecular weight is 702 g/mol. The van der Waals surface area contributed by atoms with Crippen LogP contribution in [0.25, 0.3) is 16.6 Å². The van der Waals surface area contributed by atoms with Gasteiger partial charge in [-0.2, -0.15) is 5.10 Å². The van der Waals surface area contributed by atoms with Crippen molar-refractivity contribution in [2.75, 3.05) is 12.9 Å². The second-order valence-corrected chi connectivity index (χ2v) is 13.0. The van der Waals surface area contributed by atoms with E-state index in [0.717, 1.165) is 16.7 Å². The molecule has 2 aromatic heterocycles. The number of thioether (sulfide) groups is 1. The molecule has 6 aromatic rings. The van der Waals surface area contributed by atoms with Crippen molar-refractivity contribution in [2.24, 2.45) is 0 Å². The van der Waals surface area contributed by atoms with Crippen LogP contribution in [0.15, 0.2) is 134 Å². The van der Waals surface area contributed by atoms with Crippen molar-refractivity contribution >= 4 is 40.4 Å². The maximum Gasteiger partial charge on any atom is 0.329 e. The van der Waals surface area contributed by atoms with Gasteiger partial charge in [0.15, 0.2) is 0 Å². The predicted octanol–water partition coefficient (Wildman–Crippen LogP) is 6.45. The lowest BCUT2D eigenvalue weighted by Gasteiger charge is -2.36. The van der Waals surface area contributed by atoms with Crippen molar-refractivity contribution in [2.45, 2.75) is 30.2 Å². The number of ether oxygens (including phenoxy) is 1. The van der Waals surface area contributed by atoms with E-state index in [0.29, 0.717) is 16.6 Å². The minimum absolute atomic E-state index is 0.160. The molecule has 6 rings (SSSR count). The SMILES string of the molecule is CCC(NC(=O)c1cncc2c1cnn2-c1ccc(F)cc1)C(=O)N[C@@H](CSC(c1ccccc1)(c1ccccc1)c1ccccc1)C(=O)OC. The van der Waals surface area contributed by atoms with Gasteiger partial charge in [-0.3, -0.25) is 14.6 Å². The summed E-state index contributed by atoms with van der Waals surface area (Å²) in [6.45, 7) is 1.77. The van der Waals surface area contributed by atoms with E-state index >= 15 is 0 Å². The number of carbonyl (C=O) groups is 3. The number of nitrogens with zero attached hydrogens (tertiary/aromatic N) is 3. The Morgan fingerprint density at radius 2 is 1.35 bits per heavy atom. The smallest absolute Gasteiger partial charge is 0.329 e. The summed E-state index contributed by atoms with van der Waals surface area (Å²) in [5.41, 5.74) is 4.36. The number of pyridine rings is 1. The second-order valence-electron chi connectivity index (χ2n) is 11.8. The molecule has 1 unspecified atom stereocenters. The summed E-state index contributed by atoms with van der Waals surface area (Å²) in [5.74, 6) is -1.90. The van der Waals surface area contributed by atoms with Crippen LogP contribution < -0.4 is 10.6 Å². The number of rotatable bonds is 13. The first-order valence-corrected chi connectivity index (χ1v) is 17.4. The Labute approximate surface area is 299 Å². The van der Waals surface area contributed by atoms with Gasteiger partial charge >= 0.3 is 5.97 Å². The number of methoxy groups -OCH3 is 1. The summed E-state index contributed by atoms with van der Waals surface area (Å²) in [7, 11) is 1.28. The molecule has 0 radical (unpaired) electrons. The fraction of sp³-hybridized carbons (Fsp3) is 0.175. The van der Waals surface area contributed by atoms with Gasteiger partial charge in [0.25, 0.3) is 5.91 Å². The maximum absolute atomic E-state index is 13.8. The van der Waals surface area contributed by atoms with Crippen LogP contribution in [0.1, 0.15) is 40.4 Å². The van der Waals surface area contributed by atoms with Crippen molar-refractivity contribution in [3.05, 3.63) is 162 Å². The van der Waals surface area contributed by atoms with Gasteiger partial charge in [0.05, 0.1) is 41.0 Å². The predicted molar refractivity (Wildman–Crippen MR) is 196 cm³/mol. The summed E-state index contributed by atoms with van der Waals surface area (Å²) < 4.78 is 19.5. The molecule has 0 aliphatic heterocycles. The molecule has 0 saturated heterocycles. The number of esters is 1. The lowest BCUT2D eigenvalue weighted by molar-refractivity contribution is -0.144. The lowest BCUT2D eigenvalue weighted by atomic mass is 9.84. The highest BCUT2D eigenvalue weighted by molar-refractivity contribution is 8.00. The molecule has 0 aliphatic carbocycles. The molecule has 2 N–H and O–H groups in total. The molecule has 0 aliphatic rings. The zero-order valence-electron chi connectivity index (χ0n) is 28.0. The highest BCUT2D eigenvalue weighted by Crippen LogP contribution is 2.48. The minimum atomic E-state index is -1.03. The summed E-state index contributed by atoms with van der Waals surface area (Å²) in [4.78, 5) is 44.9. The fourth-order valence-electron chi connectivity index (χ4n) is 6.06. The van der Waals surface area contributed by atoms with Crippen LogP contribution >= 0.6 is 11.8 Å². The van der Waals surface area contributed by atoms with Crippen molar-refractivity contribution in [3.8, 4) is 5.69 Å². The Bertz CT molecular complexity index is 2020. The molecule has 2 atom stereocenters. The third-order valence-electron chi connectivity index (χ3n) is 8.65. The van der Waals surface area contributed by atoms with Crippen LogP contribution in [0, 0.1) is 5.82 Å². The molecular weight excluding hydrogens is 666 g/mol. The normalized spacial score (nSPS) is 12.5. The maximum atomic E-state index is 13.8. The van der Waals surface area contributed by atoms with Gasteiger partial charge in [-0.05, 0) is 47.4 Å². The molecule has 9 nitrogen and oxygen atoms in total. The summed E-state index contributed by atoms with van der Waals surface area (Å²) in [6.07, 6.45) is 4.74. The van der Waals surface area contributed by atoms with Crippen molar-refractivity contribution in [1.29, 1.82) is 0 Å². The highest BCUT2D eigenvalue weighted by atomic mass is 32.2. The van der Waals surface area contributed by atoms with E-state index in [1.165, 1.54) is 43.4 Å². The van der Waals surface area contributed by atoms with Crippen LogP contribution in [0.4, 0.5) is 4.39 Å². The van der Waals surface area contributed by atoms with E-state index < -0.39 is 34.6 Å². The van der Waals surface area contributed by atoms with Gasteiger partial charge in [-0.1, -0.05) is 97.9 Å². The first kappa shape index (κ1) is 35.0. The van der Waals surface area contributed by atoms with E-state index in [1.54, 1.807) is 29.9 Å². The van der Waals surface area contributed by atoms with E-state index in [2.05, 4.69) is 57.1 Å². The molecule has 4 aromatic carbocycles. The number of hydrogen-bond acceptors (Lipinski definition) is 7. The fourth-order valence-corrected chi connectivity index (χ4v) is 7.60. The third kappa shape index (κ3) is 7.39. The van der Waals surface area contributed by atoms with Crippen LogP contribution in [-0.4, -0.2) is 57.5 Å².